The van der Waals surface area contributed by atoms with Gasteiger partial charge in [0.1, 0.15) is 17.4 Å². The summed E-state index contributed by atoms with van der Waals surface area (Å²) in [7, 11) is 3.08. The molecule has 1 heterocycles. The van der Waals surface area contributed by atoms with Gasteiger partial charge in [-0.2, -0.15) is 0 Å². The average Bonchev–Trinajstić information content (AvgIpc) is 2.68. The van der Waals surface area contributed by atoms with Crippen LogP contribution in [0.1, 0.15) is 17.2 Å². The molecule has 0 radical (unpaired) electrons. The number of urea groups is 1. The first-order valence-electron chi connectivity index (χ1n) is 8.78. The van der Waals surface area contributed by atoms with Gasteiger partial charge >= 0.3 is 6.03 Å². The zero-order valence-corrected chi connectivity index (χ0v) is 16.0. The number of methoxy groups -OCH3 is 2. The van der Waals surface area contributed by atoms with Crippen molar-refractivity contribution in [2.75, 3.05) is 19.5 Å². The molecule has 146 valence electrons. The van der Waals surface area contributed by atoms with Gasteiger partial charge in [-0.3, -0.25) is 4.79 Å². The van der Waals surface area contributed by atoms with E-state index >= 15 is 0 Å². The van der Waals surface area contributed by atoms with E-state index in [0.29, 0.717) is 28.4 Å². The number of aryl methyl sites for hydroxylation is 1. The summed E-state index contributed by atoms with van der Waals surface area (Å²) < 4.78 is 10.7. The van der Waals surface area contributed by atoms with Gasteiger partial charge in [0.15, 0.2) is 0 Å². The van der Waals surface area contributed by atoms with Gasteiger partial charge in [0, 0.05) is 23.0 Å². The van der Waals surface area contributed by atoms with Crippen molar-refractivity contribution in [3.63, 3.8) is 0 Å². The topological polar surface area (TPSA) is 88.7 Å². The van der Waals surface area contributed by atoms with Crippen LogP contribution in [-0.4, -0.2) is 26.2 Å². The fourth-order valence-electron chi connectivity index (χ4n) is 3.18. The molecule has 3 N–H and O–H groups in total. The molecule has 7 heteroatoms. The summed E-state index contributed by atoms with van der Waals surface area (Å²) in [5.74, 6) is 0.0957. The lowest BCUT2D eigenvalue weighted by Gasteiger charge is -2.34. The van der Waals surface area contributed by atoms with Crippen LogP contribution in [0.4, 0.5) is 10.5 Å². The quantitative estimate of drug-likeness (QED) is 0.742. The molecule has 28 heavy (non-hydrogen) atoms. The first kappa shape index (κ1) is 19.3. The van der Waals surface area contributed by atoms with E-state index < -0.39 is 18.0 Å². The number of benzene rings is 2. The zero-order chi connectivity index (χ0) is 20.3. The molecule has 7 nitrogen and oxygen atoms in total. The van der Waals surface area contributed by atoms with E-state index in [9.17, 15) is 9.59 Å². The van der Waals surface area contributed by atoms with Gasteiger partial charge in [-0.1, -0.05) is 24.3 Å². The highest BCUT2D eigenvalue weighted by Gasteiger charge is 2.39. The Balaban J connectivity index is 1.94. The van der Waals surface area contributed by atoms with Crippen LogP contribution in [0.3, 0.4) is 0 Å². The molecular formula is C21H23N3O4. The highest BCUT2D eigenvalue weighted by Crippen LogP contribution is 2.37. The lowest BCUT2D eigenvalue weighted by molar-refractivity contribution is -0.119. The van der Waals surface area contributed by atoms with Crippen molar-refractivity contribution >= 4 is 17.6 Å². The molecule has 1 saturated heterocycles. The lowest BCUT2D eigenvalue weighted by Crippen LogP contribution is -2.51. The number of rotatable bonds is 5. The Labute approximate surface area is 163 Å². The first-order chi connectivity index (χ1) is 13.4. The molecule has 2 aromatic rings. The van der Waals surface area contributed by atoms with Crippen molar-refractivity contribution in [3.8, 4) is 11.5 Å². The number of carbonyl (C=O) groups is 2. The van der Waals surface area contributed by atoms with Crippen molar-refractivity contribution < 1.29 is 19.1 Å². The number of ether oxygens (including phenoxy) is 2. The second-order valence-electron chi connectivity index (χ2n) is 6.54. The van der Waals surface area contributed by atoms with Crippen LogP contribution >= 0.6 is 0 Å². The molecule has 3 amide bonds. The van der Waals surface area contributed by atoms with E-state index in [4.69, 9.17) is 9.47 Å². The molecule has 0 aliphatic carbocycles. The monoisotopic (exact) mass is 381 g/mol. The molecule has 0 bridgehead atoms. The minimum atomic E-state index is -0.735. The summed E-state index contributed by atoms with van der Waals surface area (Å²) in [6.07, 6.45) is 0. The Bertz CT molecular complexity index is 908. The normalized spacial score (nSPS) is 18.7. The summed E-state index contributed by atoms with van der Waals surface area (Å²) in [5.41, 5.74) is 2.73. The van der Waals surface area contributed by atoms with Crippen LogP contribution in [0.15, 0.2) is 54.7 Å². The van der Waals surface area contributed by atoms with Gasteiger partial charge in [-0.05, 0) is 31.2 Å². The van der Waals surface area contributed by atoms with Gasteiger partial charge in [0.25, 0.3) is 0 Å². The first-order valence-corrected chi connectivity index (χ1v) is 8.78. The fraction of sp³-hybridized carbons (Fsp3) is 0.238. The van der Waals surface area contributed by atoms with Crippen LogP contribution in [0, 0.1) is 12.8 Å². The largest absolute Gasteiger partial charge is 0.497 e. The zero-order valence-electron chi connectivity index (χ0n) is 16.0. The Morgan fingerprint density at radius 2 is 1.82 bits per heavy atom. The Morgan fingerprint density at radius 1 is 1.11 bits per heavy atom. The Hall–Kier alpha value is -3.48. The molecule has 2 aromatic carbocycles. The van der Waals surface area contributed by atoms with Crippen molar-refractivity contribution in [1.82, 2.24) is 10.6 Å². The fourth-order valence-corrected chi connectivity index (χ4v) is 3.18. The van der Waals surface area contributed by atoms with Gasteiger partial charge in [-0.25, -0.2) is 4.79 Å². The third kappa shape index (κ3) is 3.93. The minimum Gasteiger partial charge on any atom is -0.497 e. The average molecular weight is 381 g/mol. The third-order valence-electron chi connectivity index (χ3n) is 4.65. The predicted octanol–water partition coefficient (Wildman–Crippen LogP) is 3.13. The second-order valence-corrected chi connectivity index (χ2v) is 6.54. The number of carbonyl (C=O) groups excluding carboxylic acids is 2. The summed E-state index contributed by atoms with van der Waals surface area (Å²) >= 11 is 0. The second kappa shape index (κ2) is 8.04. The number of amides is 3. The number of nitrogens with one attached hydrogen (secondary N) is 3. The van der Waals surface area contributed by atoms with Crippen molar-refractivity contribution in [3.05, 3.63) is 65.9 Å². The molecule has 0 saturated carbocycles. The van der Waals surface area contributed by atoms with E-state index in [0.717, 1.165) is 5.56 Å². The molecule has 1 fully saturated rings. The number of hydrogen-bond donors (Lipinski definition) is 3. The number of hydrogen-bond acceptors (Lipinski definition) is 4. The SMILES string of the molecule is C=C1NC(=O)N[C@H](c2ccc(OC)cc2OC)[C@H]1C(=O)Nc1ccc(C)cc1. The Morgan fingerprint density at radius 3 is 2.46 bits per heavy atom. The maximum Gasteiger partial charge on any atom is 0.319 e. The smallest absolute Gasteiger partial charge is 0.319 e. The predicted molar refractivity (Wildman–Crippen MR) is 106 cm³/mol. The Kier molecular flexibility index (Phi) is 5.54. The van der Waals surface area contributed by atoms with Crippen molar-refractivity contribution in [2.24, 2.45) is 5.92 Å². The summed E-state index contributed by atoms with van der Waals surface area (Å²) in [6.45, 7) is 5.86. The third-order valence-corrected chi connectivity index (χ3v) is 4.65. The van der Waals surface area contributed by atoms with Crippen molar-refractivity contribution in [1.29, 1.82) is 0 Å². The van der Waals surface area contributed by atoms with Crippen LogP contribution in [0.25, 0.3) is 0 Å². The number of anilines is 1. The van der Waals surface area contributed by atoms with Gasteiger partial charge in [-0.15, -0.1) is 0 Å². The minimum absolute atomic E-state index is 0.288. The molecule has 1 aliphatic rings. The highest BCUT2D eigenvalue weighted by atomic mass is 16.5. The van der Waals surface area contributed by atoms with Crippen LogP contribution < -0.4 is 25.4 Å². The van der Waals surface area contributed by atoms with Crippen LogP contribution in [-0.2, 0) is 4.79 Å². The van der Waals surface area contributed by atoms with Crippen LogP contribution in [0.5, 0.6) is 11.5 Å². The standard InChI is InChI=1S/C21H23N3O4/c1-12-5-7-14(8-6-12)23-20(25)18-13(2)22-21(26)24-19(18)16-10-9-15(27-3)11-17(16)28-4/h5-11,18-19H,2H2,1,3-4H3,(H,23,25)(H2,22,24,26)/t18-,19+/m0/s1. The summed E-state index contributed by atoms with van der Waals surface area (Å²) in [5, 5.41) is 8.29. The summed E-state index contributed by atoms with van der Waals surface area (Å²) in [4.78, 5) is 25.1. The van der Waals surface area contributed by atoms with Gasteiger partial charge in [0.2, 0.25) is 5.91 Å². The van der Waals surface area contributed by atoms with E-state index in [1.807, 2.05) is 31.2 Å². The maximum absolute atomic E-state index is 13.0. The van der Waals surface area contributed by atoms with E-state index in [1.165, 1.54) is 7.11 Å². The molecule has 3 rings (SSSR count). The van der Waals surface area contributed by atoms with Crippen molar-refractivity contribution in [2.45, 2.75) is 13.0 Å². The molecule has 0 unspecified atom stereocenters. The molecule has 2 atom stereocenters. The van der Waals surface area contributed by atoms with Gasteiger partial charge in [0.05, 0.1) is 20.3 Å². The summed E-state index contributed by atoms with van der Waals surface area (Å²) in [6, 6.07) is 11.6. The van der Waals surface area contributed by atoms with Gasteiger partial charge < -0.3 is 25.4 Å². The highest BCUT2D eigenvalue weighted by molar-refractivity contribution is 5.97. The lowest BCUT2D eigenvalue weighted by atomic mass is 9.87. The molecule has 0 aromatic heterocycles. The maximum atomic E-state index is 13.0. The van der Waals surface area contributed by atoms with E-state index in [1.54, 1.807) is 25.3 Å². The molecular weight excluding hydrogens is 358 g/mol. The molecule has 0 spiro atoms. The van der Waals surface area contributed by atoms with E-state index in [-0.39, 0.29) is 5.91 Å². The van der Waals surface area contributed by atoms with Crippen LogP contribution in [0.2, 0.25) is 0 Å². The molecule has 1 aliphatic heterocycles. The van der Waals surface area contributed by atoms with E-state index in [2.05, 4.69) is 22.5 Å².